The first-order valence-electron chi connectivity index (χ1n) is 6.00. The van der Waals surface area contributed by atoms with E-state index in [1.54, 1.807) is 7.11 Å². The van der Waals surface area contributed by atoms with Gasteiger partial charge in [-0.15, -0.1) is 0 Å². The molecule has 1 amide bonds. The Hall–Kier alpha value is -1.30. The molecular formula is C11H22N4O2. The highest BCUT2D eigenvalue weighted by molar-refractivity contribution is 5.80. The van der Waals surface area contributed by atoms with Crippen LogP contribution in [0.5, 0.6) is 0 Å². The van der Waals surface area contributed by atoms with Crippen molar-refractivity contribution in [3.8, 4) is 0 Å². The van der Waals surface area contributed by atoms with E-state index in [1.807, 2.05) is 0 Å². The quantitative estimate of drug-likeness (QED) is 0.319. The number of rotatable bonds is 7. The van der Waals surface area contributed by atoms with Crippen molar-refractivity contribution in [2.75, 3.05) is 33.4 Å². The molecule has 1 aliphatic rings. The summed E-state index contributed by atoms with van der Waals surface area (Å²) in [5.41, 5.74) is 0. The molecule has 0 aromatic rings. The van der Waals surface area contributed by atoms with Gasteiger partial charge in [0.15, 0.2) is 5.96 Å². The Morgan fingerprint density at radius 1 is 1.35 bits per heavy atom. The second kappa shape index (κ2) is 7.89. The molecule has 1 aliphatic carbocycles. The number of carbonyl (C=O) groups is 1. The highest BCUT2D eigenvalue weighted by atomic mass is 16.5. The Morgan fingerprint density at radius 2 is 2.06 bits per heavy atom. The molecule has 0 spiro atoms. The molecule has 0 aliphatic heterocycles. The lowest BCUT2D eigenvalue weighted by Gasteiger charge is -2.12. The van der Waals surface area contributed by atoms with E-state index in [-0.39, 0.29) is 5.91 Å². The number of guanidine groups is 1. The summed E-state index contributed by atoms with van der Waals surface area (Å²) in [6, 6.07) is 0.560. The van der Waals surface area contributed by atoms with Gasteiger partial charge in [-0.2, -0.15) is 0 Å². The number of ether oxygens (including phenoxy) is 1. The van der Waals surface area contributed by atoms with Gasteiger partial charge in [0, 0.05) is 33.2 Å². The van der Waals surface area contributed by atoms with Crippen molar-refractivity contribution in [1.82, 2.24) is 16.0 Å². The molecule has 6 heteroatoms. The summed E-state index contributed by atoms with van der Waals surface area (Å²) in [7, 11) is 1.66. The average Bonchev–Trinajstić information content (AvgIpc) is 3.08. The highest BCUT2D eigenvalue weighted by Gasteiger charge is 2.22. The summed E-state index contributed by atoms with van der Waals surface area (Å²) in [6.07, 6.45) is 2.41. The van der Waals surface area contributed by atoms with Crippen LogP contribution >= 0.6 is 0 Å². The van der Waals surface area contributed by atoms with Gasteiger partial charge in [0.25, 0.3) is 0 Å². The topological polar surface area (TPSA) is 74.8 Å². The van der Waals surface area contributed by atoms with Crippen LogP contribution < -0.4 is 16.0 Å². The van der Waals surface area contributed by atoms with Crippen molar-refractivity contribution in [2.24, 2.45) is 4.99 Å². The maximum absolute atomic E-state index is 10.7. The van der Waals surface area contributed by atoms with Gasteiger partial charge in [-0.3, -0.25) is 9.79 Å². The number of methoxy groups -OCH3 is 1. The largest absolute Gasteiger partial charge is 0.383 e. The molecule has 1 fully saturated rings. The van der Waals surface area contributed by atoms with Crippen LogP contribution in [-0.2, 0) is 9.53 Å². The molecule has 0 aromatic heterocycles. The summed E-state index contributed by atoms with van der Waals surface area (Å²) >= 11 is 0. The summed E-state index contributed by atoms with van der Waals surface area (Å²) in [6.45, 7) is 4.04. The fourth-order valence-electron chi connectivity index (χ4n) is 1.24. The van der Waals surface area contributed by atoms with Gasteiger partial charge in [-0.25, -0.2) is 0 Å². The van der Waals surface area contributed by atoms with Gasteiger partial charge < -0.3 is 20.7 Å². The molecule has 3 N–H and O–H groups in total. The Labute approximate surface area is 102 Å². The van der Waals surface area contributed by atoms with Crippen molar-refractivity contribution < 1.29 is 9.53 Å². The first-order valence-corrected chi connectivity index (χ1v) is 6.00. The smallest absolute Gasteiger partial charge is 0.216 e. The van der Waals surface area contributed by atoms with E-state index < -0.39 is 0 Å². The number of aliphatic imine (C=N–C) groups is 1. The molecule has 0 bridgehead atoms. The van der Waals surface area contributed by atoms with Crippen molar-refractivity contribution >= 4 is 11.9 Å². The van der Waals surface area contributed by atoms with Crippen LogP contribution in [-0.4, -0.2) is 51.3 Å². The Bertz CT molecular complexity index is 264. The number of carbonyl (C=O) groups excluding carboxylic acids is 1. The van der Waals surface area contributed by atoms with Crippen LogP contribution in [0.3, 0.4) is 0 Å². The molecule has 0 radical (unpaired) electrons. The van der Waals surface area contributed by atoms with Gasteiger partial charge in [0.2, 0.25) is 5.91 Å². The molecule has 17 heavy (non-hydrogen) atoms. The van der Waals surface area contributed by atoms with E-state index in [9.17, 15) is 4.79 Å². The van der Waals surface area contributed by atoms with Gasteiger partial charge in [0.05, 0.1) is 13.2 Å². The van der Waals surface area contributed by atoms with E-state index in [2.05, 4.69) is 20.9 Å². The van der Waals surface area contributed by atoms with Crippen molar-refractivity contribution in [3.63, 3.8) is 0 Å². The number of hydrogen-bond acceptors (Lipinski definition) is 3. The van der Waals surface area contributed by atoms with E-state index in [0.29, 0.717) is 32.3 Å². The zero-order chi connectivity index (χ0) is 12.5. The maximum atomic E-state index is 10.7. The molecule has 98 valence electrons. The fourth-order valence-corrected chi connectivity index (χ4v) is 1.24. The molecule has 6 nitrogen and oxygen atoms in total. The lowest BCUT2D eigenvalue weighted by molar-refractivity contribution is -0.118. The van der Waals surface area contributed by atoms with Gasteiger partial charge >= 0.3 is 0 Å². The predicted molar refractivity (Wildman–Crippen MR) is 67.0 cm³/mol. The molecule has 0 heterocycles. The van der Waals surface area contributed by atoms with E-state index in [0.717, 1.165) is 5.96 Å². The number of nitrogens with zero attached hydrogens (tertiary/aromatic N) is 1. The summed E-state index contributed by atoms with van der Waals surface area (Å²) in [5.74, 6) is 0.787. The normalized spacial score (nSPS) is 15.5. The van der Waals surface area contributed by atoms with Crippen molar-refractivity contribution in [3.05, 3.63) is 0 Å². The predicted octanol–water partition coefficient (Wildman–Crippen LogP) is -0.533. The molecule has 0 unspecified atom stereocenters. The van der Waals surface area contributed by atoms with Crippen molar-refractivity contribution in [1.29, 1.82) is 0 Å². The first-order chi connectivity index (χ1) is 8.22. The molecule has 0 aromatic carbocycles. The minimum absolute atomic E-state index is 0.0141. The third-order valence-corrected chi connectivity index (χ3v) is 2.27. The number of nitrogens with one attached hydrogen (secondary N) is 3. The third-order valence-electron chi connectivity index (χ3n) is 2.27. The van der Waals surface area contributed by atoms with Crippen LogP contribution in [0.2, 0.25) is 0 Å². The monoisotopic (exact) mass is 242 g/mol. The molecule has 1 saturated carbocycles. The second-order valence-corrected chi connectivity index (χ2v) is 4.05. The van der Waals surface area contributed by atoms with Crippen LogP contribution in [0.1, 0.15) is 19.8 Å². The average molecular weight is 242 g/mol. The van der Waals surface area contributed by atoms with Crippen LogP contribution in [0.25, 0.3) is 0 Å². The van der Waals surface area contributed by atoms with Gasteiger partial charge in [-0.05, 0) is 12.8 Å². The van der Waals surface area contributed by atoms with E-state index >= 15 is 0 Å². The fraction of sp³-hybridized carbons (Fsp3) is 0.818. The molecule has 1 rings (SSSR count). The van der Waals surface area contributed by atoms with E-state index in [1.165, 1.54) is 19.8 Å². The zero-order valence-electron chi connectivity index (χ0n) is 10.6. The summed E-state index contributed by atoms with van der Waals surface area (Å²) < 4.78 is 4.95. The Balaban J connectivity index is 2.19. The third kappa shape index (κ3) is 7.57. The number of hydrogen-bond donors (Lipinski definition) is 3. The first kappa shape index (κ1) is 13.8. The summed E-state index contributed by atoms with van der Waals surface area (Å²) in [5, 5.41) is 9.21. The van der Waals surface area contributed by atoms with Gasteiger partial charge in [-0.1, -0.05) is 0 Å². The minimum Gasteiger partial charge on any atom is -0.383 e. The molecule has 0 saturated heterocycles. The maximum Gasteiger partial charge on any atom is 0.216 e. The van der Waals surface area contributed by atoms with Crippen LogP contribution in [0, 0.1) is 0 Å². The lowest BCUT2D eigenvalue weighted by atomic mass is 10.5. The van der Waals surface area contributed by atoms with Crippen LogP contribution in [0.4, 0.5) is 0 Å². The van der Waals surface area contributed by atoms with Crippen LogP contribution in [0.15, 0.2) is 4.99 Å². The SMILES string of the molecule is COCCN=C(NCCNC(C)=O)NC1CC1. The van der Waals surface area contributed by atoms with Gasteiger partial charge in [0.1, 0.15) is 0 Å². The number of amides is 1. The lowest BCUT2D eigenvalue weighted by Crippen LogP contribution is -2.42. The van der Waals surface area contributed by atoms with E-state index in [4.69, 9.17) is 4.74 Å². The molecular weight excluding hydrogens is 220 g/mol. The Morgan fingerprint density at radius 3 is 2.65 bits per heavy atom. The van der Waals surface area contributed by atoms with Crippen molar-refractivity contribution in [2.45, 2.75) is 25.8 Å². The zero-order valence-corrected chi connectivity index (χ0v) is 10.6. The highest BCUT2D eigenvalue weighted by Crippen LogP contribution is 2.18. The minimum atomic E-state index is -0.0141. The second-order valence-electron chi connectivity index (χ2n) is 4.05. The Kier molecular flexibility index (Phi) is 6.39. The molecule has 0 atom stereocenters. The summed E-state index contributed by atoms with van der Waals surface area (Å²) in [4.78, 5) is 15.1. The standard InChI is InChI=1S/C11H22N4O2/c1-9(16)12-5-6-13-11(14-7-8-17-2)15-10-3-4-10/h10H,3-8H2,1-2H3,(H,12,16)(H2,13,14,15).